The van der Waals surface area contributed by atoms with Crippen molar-refractivity contribution in [2.24, 2.45) is 4.99 Å². The molecule has 0 radical (unpaired) electrons. The van der Waals surface area contributed by atoms with Crippen LogP contribution < -0.4 is 0 Å². The first-order chi connectivity index (χ1) is 4.31. The van der Waals surface area contributed by atoms with Crippen LogP contribution >= 0.6 is 0 Å². The summed E-state index contributed by atoms with van der Waals surface area (Å²) in [5, 5.41) is 0. The monoisotopic (exact) mass is 123 g/mol. The molecule has 0 amide bonds. The summed E-state index contributed by atoms with van der Waals surface area (Å²) in [6.07, 6.45) is 5.54. The van der Waals surface area contributed by atoms with Gasteiger partial charge in [-0.15, -0.1) is 0 Å². The Labute approximate surface area is 56.8 Å². The lowest BCUT2D eigenvalue weighted by Gasteiger charge is -1.84. The summed E-state index contributed by atoms with van der Waals surface area (Å²) in [5.41, 5.74) is 1.15. The van der Waals surface area contributed by atoms with Crippen molar-refractivity contribution in [3.8, 4) is 0 Å². The first-order valence-electron chi connectivity index (χ1n) is 3.10. The van der Waals surface area contributed by atoms with Gasteiger partial charge in [-0.25, -0.2) is 0 Å². The second kappa shape index (κ2) is 5.29. The van der Waals surface area contributed by atoms with E-state index in [1.54, 1.807) is 6.08 Å². The first kappa shape index (κ1) is 8.15. The third kappa shape index (κ3) is 5.01. The molecule has 0 bridgehead atoms. The molecule has 0 rings (SSSR count). The lowest BCUT2D eigenvalue weighted by atomic mass is 10.3. The van der Waals surface area contributed by atoms with Crippen LogP contribution in [0.4, 0.5) is 0 Å². The Hall–Kier alpha value is -0.850. The molecule has 0 saturated carbocycles. The van der Waals surface area contributed by atoms with Gasteiger partial charge in [0.05, 0.1) is 0 Å². The van der Waals surface area contributed by atoms with E-state index in [9.17, 15) is 0 Å². The fourth-order valence-corrected chi connectivity index (χ4v) is 0.464. The molecule has 0 atom stereocenters. The molecule has 0 aromatic carbocycles. The Morgan fingerprint density at radius 2 is 2.33 bits per heavy atom. The topological polar surface area (TPSA) is 12.4 Å². The highest BCUT2D eigenvalue weighted by molar-refractivity contribution is 5.77. The molecule has 0 aliphatic heterocycles. The number of aliphatic imine (C=N–C) groups is 1. The number of hydrogen-bond donors (Lipinski definition) is 0. The molecule has 0 heterocycles. The van der Waals surface area contributed by atoms with Crippen LogP contribution in [0.1, 0.15) is 13.8 Å². The highest BCUT2D eigenvalue weighted by Crippen LogP contribution is 1.86. The summed E-state index contributed by atoms with van der Waals surface area (Å²) in [7, 11) is 0. The average Bonchev–Trinajstić information content (AvgIpc) is 1.85. The van der Waals surface area contributed by atoms with E-state index in [0.29, 0.717) is 0 Å². The Kier molecular flexibility index (Phi) is 4.79. The van der Waals surface area contributed by atoms with E-state index < -0.39 is 0 Å². The lowest BCUT2D eigenvalue weighted by Crippen LogP contribution is -1.77. The number of rotatable bonds is 3. The summed E-state index contributed by atoms with van der Waals surface area (Å²) >= 11 is 0. The number of allylic oxidation sites excluding steroid dienone is 3. The van der Waals surface area contributed by atoms with Crippen LogP contribution in [0.25, 0.3) is 0 Å². The first-order valence-corrected chi connectivity index (χ1v) is 3.10. The standard InChI is InChI=1S/C8H13N/c1-4-6-8(3)7-9-5-2/h4,6-7H,1,5H2,2-3H3/b8-6+,9-7?. The molecule has 0 saturated heterocycles. The van der Waals surface area contributed by atoms with Crippen LogP contribution in [-0.2, 0) is 0 Å². The largest absolute Gasteiger partial charge is 0.293 e. The summed E-state index contributed by atoms with van der Waals surface area (Å²) in [6, 6.07) is 0. The van der Waals surface area contributed by atoms with E-state index in [0.717, 1.165) is 12.1 Å². The van der Waals surface area contributed by atoms with E-state index in [4.69, 9.17) is 0 Å². The maximum Gasteiger partial charge on any atom is 0.0361 e. The summed E-state index contributed by atoms with van der Waals surface area (Å²) < 4.78 is 0. The minimum atomic E-state index is 0.850. The second-order valence-electron chi connectivity index (χ2n) is 1.77. The fraction of sp³-hybridized carbons (Fsp3) is 0.375. The molecule has 0 N–H and O–H groups in total. The van der Waals surface area contributed by atoms with Gasteiger partial charge in [0.2, 0.25) is 0 Å². The second-order valence-corrected chi connectivity index (χ2v) is 1.77. The van der Waals surface area contributed by atoms with Crippen molar-refractivity contribution in [3.63, 3.8) is 0 Å². The zero-order valence-electron chi connectivity index (χ0n) is 6.09. The maximum absolute atomic E-state index is 4.05. The van der Waals surface area contributed by atoms with Crippen LogP contribution in [-0.4, -0.2) is 12.8 Å². The number of nitrogens with zero attached hydrogens (tertiary/aromatic N) is 1. The molecule has 0 aromatic heterocycles. The third-order valence-corrected chi connectivity index (χ3v) is 0.858. The van der Waals surface area contributed by atoms with Gasteiger partial charge in [0.15, 0.2) is 0 Å². The maximum atomic E-state index is 4.05. The smallest absolute Gasteiger partial charge is 0.0361 e. The van der Waals surface area contributed by atoms with Crippen molar-refractivity contribution in [2.75, 3.05) is 6.54 Å². The van der Waals surface area contributed by atoms with Crippen LogP contribution in [0.15, 0.2) is 29.3 Å². The van der Waals surface area contributed by atoms with Gasteiger partial charge in [-0.1, -0.05) is 18.7 Å². The van der Waals surface area contributed by atoms with Crippen LogP contribution in [0.5, 0.6) is 0 Å². The molecule has 9 heavy (non-hydrogen) atoms. The van der Waals surface area contributed by atoms with Gasteiger partial charge in [0.1, 0.15) is 0 Å². The molecular formula is C8H13N. The zero-order valence-corrected chi connectivity index (χ0v) is 6.09. The third-order valence-electron chi connectivity index (χ3n) is 0.858. The average molecular weight is 123 g/mol. The quantitative estimate of drug-likeness (QED) is 0.403. The van der Waals surface area contributed by atoms with E-state index in [-0.39, 0.29) is 0 Å². The van der Waals surface area contributed by atoms with Gasteiger partial charge in [-0.3, -0.25) is 4.99 Å². The van der Waals surface area contributed by atoms with Crippen LogP contribution in [0.3, 0.4) is 0 Å². The van der Waals surface area contributed by atoms with Crippen molar-refractivity contribution in [3.05, 3.63) is 24.3 Å². The van der Waals surface area contributed by atoms with Gasteiger partial charge in [-0.2, -0.15) is 0 Å². The molecule has 0 fully saturated rings. The molecule has 0 aliphatic rings. The van der Waals surface area contributed by atoms with Crippen LogP contribution in [0.2, 0.25) is 0 Å². The molecule has 0 aromatic rings. The van der Waals surface area contributed by atoms with E-state index in [1.165, 1.54) is 0 Å². The van der Waals surface area contributed by atoms with Gasteiger partial charge >= 0.3 is 0 Å². The summed E-state index contributed by atoms with van der Waals surface area (Å²) in [6.45, 7) is 8.43. The SMILES string of the molecule is C=C/C=C(\C)C=NCC. The Balaban J connectivity index is 3.74. The van der Waals surface area contributed by atoms with E-state index in [1.807, 2.05) is 26.1 Å². The van der Waals surface area contributed by atoms with Crippen molar-refractivity contribution in [1.29, 1.82) is 0 Å². The minimum absolute atomic E-state index is 0.850. The lowest BCUT2D eigenvalue weighted by molar-refractivity contribution is 1.14. The van der Waals surface area contributed by atoms with Crippen molar-refractivity contribution in [1.82, 2.24) is 0 Å². The van der Waals surface area contributed by atoms with E-state index >= 15 is 0 Å². The predicted molar refractivity (Wildman–Crippen MR) is 43.0 cm³/mol. The normalized spacial score (nSPS) is 12.4. The highest BCUT2D eigenvalue weighted by atomic mass is 14.7. The Bertz CT molecular complexity index is 132. The fourth-order valence-electron chi connectivity index (χ4n) is 0.464. The van der Waals surface area contributed by atoms with Crippen molar-refractivity contribution in [2.45, 2.75) is 13.8 Å². The zero-order chi connectivity index (χ0) is 7.11. The summed E-state index contributed by atoms with van der Waals surface area (Å²) in [4.78, 5) is 4.05. The summed E-state index contributed by atoms with van der Waals surface area (Å²) in [5.74, 6) is 0. The molecule has 0 unspecified atom stereocenters. The molecule has 50 valence electrons. The van der Waals surface area contributed by atoms with Gasteiger partial charge in [0, 0.05) is 12.8 Å². The van der Waals surface area contributed by atoms with Gasteiger partial charge < -0.3 is 0 Å². The molecule has 1 nitrogen and oxygen atoms in total. The number of hydrogen-bond acceptors (Lipinski definition) is 1. The van der Waals surface area contributed by atoms with Gasteiger partial charge in [0.25, 0.3) is 0 Å². The Morgan fingerprint density at radius 3 is 2.78 bits per heavy atom. The molecule has 0 aliphatic carbocycles. The molecular weight excluding hydrogens is 110 g/mol. The minimum Gasteiger partial charge on any atom is -0.293 e. The van der Waals surface area contributed by atoms with Crippen molar-refractivity contribution < 1.29 is 0 Å². The van der Waals surface area contributed by atoms with Gasteiger partial charge in [-0.05, 0) is 19.4 Å². The molecule has 1 heteroatoms. The molecule has 0 spiro atoms. The highest BCUT2D eigenvalue weighted by Gasteiger charge is 1.75. The van der Waals surface area contributed by atoms with Crippen molar-refractivity contribution >= 4 is 6.21 Å². The predicted octanol–water partition coefficient (Wildman–Crippen LogP) is 2.21. The van der Waals surface area contributed by atoms with Crippen LogP contribution in [0, 0.1) is 0 Å². The Morgan fingerprint density at radius 1 is 1.67 bits per heavy atom. The van der Waals surface area contributed by atoms with E-state index in [2.05, 4.69) is 11.6 Å².